The molecule has 3 nitrogen and oxygen atoms in total. The fourth-order valence-corrected chi connectivity index (χ4v) is 4.27. The van der Waals surface area contributed by atoms with Crippen LogP contribution in [0, 0.1) is 18.3 Å². The minimum absolute atomic E-state index is 0.291. The van der Waals surface area contributed by atoms with Gasteiger partial charge in [0, 0.05) is 18.0 Å². The molecule has 28 heavy (non-hydrogen) atoms. The lowest BCUT2D eigenvalue weighted by molar-refractivity contribution is 0.230. The molecule has 0 aromatic heterocycles. The lowest BCUT2D eigenvalue weighted by Gasteiger charge is -2.27. The summed E-state index contributed by atoms with van der Waals surface area (Å²) < 4.78 is 12.9. The second-order valence-corrected chi connectivity index (χ2v) is 8.34. The molecule has 0 saturated carbocycles. The minimum Gasteiger partial charge on any atom is -0.279 e. The molecule has 0 fully saturated rings. The van der Waals surface area contributed by atoms with E-state index in [-0.39, 0.29) is 0 Å². The van der Waals surface area contributed by atoms with Crippen molar-refractivity contribution in [3.63, 3.8) is 0 Å². The molecule has 0 radical (unpaired) electrons. The number of hydrogen-bond acceptors (Lipinski definition) is 3. The van der Waals surface area contributed by atoms with E-state index in [2.05, 4.69) is 35.2 Å². The molecule has 0 aliphatic heterocycles. The van der Waals surface area contributed by atoms with Gasteiger partial charge < -0.3 is 0 Å². The highest BCUT2D eigenvalue weighted by Crippen LogP contribution is 2.17. The maximum absolute atomic E-state index is 12.9. The lowest BCUT2D eigenvalue weighted by atomic mass is 10.1. The number of nitriles is 1. The molecule has 0 saturated heterocycles. The van der Waals surface area contributed by atoms with Crippen LogP contribution in [-0.4, -0.2) is 20.9 Å². The zero-order valence-corrected chi connectivity index (χ0v) is 16.8. The van der Waals surface area contributed by atoms with Gasteiger partial charge in [-0.15, -0.1) is 0 Å². The highest BCUT2D eigenvalue weighted by molar-refractivity contribution is 7.85. The molecule has 3 aromatic rings. The Morgan fingerprint density at radius 1 is 0.857 bits per heavy atom. The standard InChI is InChI=1S/C24H24N2OS/c1-20-12-14-24(15-13-20)28(27)19-23(16-25)26(17-21-8-4-2-5-9-21)18-22-10-6-3-7-11-22/h2-15,23H,17-19H2,1H3/t23-,28?/m0/s1. The highest BCUT2D eigenvalue weighted by atomic mass is 32.2. The predicted octanol–water partition coefficient (Wildman–Crippen LogP) is 4.70. The van der Waals surface area contributed by atoms with Crippen molar-refractivity contribution in [2.24, 2.45) is 0 Å². The van der Waals surface area contributed by atoms with Crippen LogP contribution in [0.5, 0.6) is 0 Å². The van der Waals surface area contributed by atoms with Crippen LogP contribution >= 0.6 is 0 Å². The first-order valence-electron chi connectivity index (χ1n) is 9.32. The van der Waals surface area contributed by atoms with Gasteiger partial charge in [-0.1, -0.05) is 78.4 Å². The van der Waals surface area contributed by atoms with E-state index in [4.69, 9.17) is 0 Å². The van der Waals surface area contributed by atoms with Gasteiger partial charge in [-0.3, -0.25) is 9.11 Å². The average molecular weight is 389 g/mol. The lowest BCUT2D eigenvalue weighted by Crippen LogP contribution is -2.37. The Hall–Kier alpha value is -2.74. The van der Waals surface area contributed by atoms with E-state index in [1.54, 1.807) is 0 Å². The molecular formula is C24H24N2OS. The van der Waals surface area contributed by atoms with Gasteiger partial charge in [-0.25, -0.2) is 0 Å². The fourth-order valence-electron chi connectivity index (χ4n) is 3.07. The molecule has 1 unspecified atom stereocenters. The number of hydrogen-bond donors (Lipinski definition) is 0. The van der Waals surface area contributed by atoms with Crippen molar-refractivity contribution in [1.29, 1.82) is 5.26 Å². The Labute approximate surface area is 169 Å². The zero-order valence-electron chi connectivity index (χ0n) is 16.0. The van der Waals surface area contributed by atoms with Gasteiger partial charge in [0.2, 0.25) is 0 Å². The molecular weight excluding hydrogens is 364 g/mol. The SMILES string of the molecule is Cc1ccc(S(=O)C[C@H](C#N)N(Cc2ccccc2)Cc2ccccc2)cc1. The van der Waals surface area contributed by atoms with Crippen LogP contribution in [0.3, 0.4) is 0 Å². The Kier molecular flexibility index (Phi) is 7.13. The molecule has 0 aliphatic rings. The Bertz CT molecular complexity index is 892. The second kappa shape index (κ2) is 9.98. The first-order chi connectivity index (χ1) is 13.7. The third-order valence-corrected chi connectivity index (χ3v) is 6.06. The summed E-state index contributed by atoms with van der Waals surface area (Å²) in [6.45, 7) is 3.28. The molecule has 0 bridgehead atoms. The van der Waals surface area contributed by atoms with E-state index in [9.17, 15) is 9.47 Å². The van der Waals surface area contributed by atoms with E-state index in [0.717, 1.165) is 21.6 Å². The number of aryl methyl sites for hydroxylation is 1. The Balaban J connectivity index is 1.80. The summed E-state index contributed by atoms with van der Waals surface area (Å²) in [5, 5.41) is 9.87. The van der Waals surface area contributed by atoms with E-state index < -0.39 is 16.8 Å². The molecule has 2 atom stereocenters. The van der Waals surface area contributed by atoms with Gasteiger partial charge in [-0.2, -0.15) is 5.26 Å². The van der Waals surface area contributed by atoms with Crippen molar-refractivity contribution in [2.75, 3.05) is 5.75 Å². The molecule has 142 valence electrons. The summed E-state index contributed by atoms with van der Waals surface area (Å²) in [6.07, 6.45) is 0. The largest absolute Gasteiger partial charge is 0.279 e. The number of nitrogens with zero attached hydrogens (tertiary/aromatic N) is 2. The van der Waals surface area contributed by atoms with Gasteiger partial charge in [0.05, 0.1) is 22.6 Å². The molecule has 0 amide bonds. The normalized spacial score (nSPS) is 13.0. The molecule has 4 heteroatoms. The van der Waals surface area contributed by atoms with Gasteiger partial charge >= 0.3 is 0 Å². The van der Waals surface area contributed by atoms with E-state index >= 15 is 0 Å². The van der Waals surface area contributed by atoms with Gasteiger partial charge in [-0.05, 0) is 30.2 Å². The van der Waals surface area contributed by atoms with Crippen molar-refractivity contribution in [3.8, 4) is 6.07 Å². The van der Waals surface area contributed by atoms with Crippen LogP contribution in [-0.2, 0) is 23.9 Å². The molecule has 0 heterocycles. The second-order valence-electron chi connectivity index (χ2n) is 6.85. The van der Waals surface area contributed by atoms with Gasteiger partial charge in [0.1, 0.15) is 6.04 Å². The fraction of sp³-hybridized carbons (Fsp3) is 0.208. The Morgan fingerprint density at radius 2 is 1.36 bits per heavy atom. The zero-order chi connectivity index (χ0) is 19.8. The molecule has 3 aromatic carbocycles. The maximum Gasteiger partial charge on any atom is 0.110 e. The van der Waals surface area contributed by atoms with Crippen LogP contribution in [0.25, 0.3) is 0 Å². The van der Waals surface area contributed by atoms with Crippen LogP contribution in [0.1, 0.15) is 16.7 Å². The van der Waals surface area contributed by atoms with Crippen LogP contribution < -0.4 is 0 Å². The average Bonchev–Trinajstić information content (AvgIpc) is 2.73. The quantitative estimate of drug-likeness (QED) is 0.562. The molecule has 0 aliphatic carbocycles. The first-order valence-corrected chi connectivity index (χ1v) is 10.6. The number of benzene rings is 3. The third-order valence-electron chi connectivity index (χ3n) is 4.64. The van der Waals surface area contributed by atoms with E-state index in [0.29, 0.717) is 18.8 Å². The maximum atomic E-state index is 12.9. The summed E-state index contributed by atoms with van der Waals surface area (Å²) in [6, 6.07) is 29.9. The summed E-state index contributed by atoms with van der Waals surface area (Å²) >= 11 is 0. The first kappa shape index (κ1) is 20.0. The van der Waals surface area contributed by atoms with Gasteiger partial charge in [0.25, 0.3) is 0 Å². The summed E-state index contributed by atoms with van der Waals surface area (Å²) in [7, 11) is -1.22. The highest BCUT2D eigenvalue weighted by Gasteiger charge is 2.22. The van der Waals surface area contributed by atoms with Crippen LogP contribution in [0.4, 0.5) is 0 Å². The minimum atomic E-state index is -1.22. The topological polar surface area (TPSA) is 44.1 Å². The van der Waals surface area contributed by atoms with Crippen molar-refractivity contribution >= 4 is 10.8 Å². The third kappa shape index (κ3) is 5.63. The van der Waals surface area contributed by atoms with Crippen molar-refractivity contribution < 1.29 is 4.21 Å². The van der Waals surface area contributed by atoms with E-state index in [1.807, 2.05) is 67.6 Å². The molecule has 3 rings (SSSR count). The van der Waals surface area contributed by atoms with Crippen LogP contribution in [0.2, 0.25) is 0 Å². The van der Waals surface area contributed by atoms with Crippen LogP contribution in [0.15, 0.2) is 89.8 Å². The van der Waals surface area contributed by atoms with Crippen molar-refractivity contribution in [2.45, 2.75) is 31.0 Å². The molecule has 0 spiro atoms. The van der Waals surface area contributed by atoms with Crippen molar-refractivity contribution in [1.82, 2.24) is 4.90 Å². The number of rotatable bonds is 8. The van der Waals surface area contributed by atoms with E-state index in [1.165, 1.54) is 0 Å². The smallest absolute Gasteiger partial charge is 0.110 e. The predicted molar refractivity (Wildman–Crippen MR) is 114 cm³/mol. The summed E-state index contributed by atoms with van der Waals surface area (Å²) in [5.41, 5.74) is 3.41. The summed E-state index contributed by atoms with van der Waals surface area (Å²) in [5.74, 6) is 0.291. The molecule has 0 N–H and O–H groups in total. The van der Waals surface area contributed by atoms with Crippen molar-refractivity contribution in [3.05, 3.63) is 102 Å². The monoisotopic (exact) mass is 388 g/mol. The van der Waals surface area contributed by atoms with Gasteiger partial charge in [0.15, 0.2) is 0 Å². The summed E-state index contributed by atoms with van der Waals surface area (Å²) in [4.78, 5) is 2.88. The Morgan fingerprint density at radius 3 is 1.82 bits per heavy atom.